The van der Waals surface area contributed by atoms with Crippen molar-refractivity contribution in [1.29, 1.82) is 0 Å². The zero-order valence-electron chi connectivity index (χ0n) is 15.0. The van der Waals surface area contributed by atoms with Crippen LogP contribution >= 0.6 is 0 Å². The van der Waals surface area contributed by atoms with Gasteiger partial charge >= 0.3 is 0 Å². The van der Waals surface area contributed by atoms with E-state index in [9.17, 15) is 13.2 Å². The SMILES string of the molecule is Cc1ccc(C)c(S(=O)(=O)NCCC(=O)N2CC(C)CC(C)C2)c1. The second-order valence-electron chi connectivity index (χ2n) is 7.16. The van der Waals surface area contributed by atoms with E-state index in [2.05, 4.69) is 18.6 Å². The molecule has 1 aromatic rings. The average molecular weight is 353 g/mol. The van der Waals surface area contributed by atoms with Crippen molar-refractivity contribution >= 4 is 15.9 Å². The maximum atomic E-state index is 12.4. The Hall–Kier alpha value is -1.40. The fraction of sp³-hybridized carbons (Fsp3) is 0.611. The van der Waals surface area contributed by atoms with Crippen LogP contribution in [0.1, 0.15) is 37.8 Å². The third-order valence-corrected chi connectivity index (χ3v) is 6.09. The zero-order valence-corrected chi connectivity index (χ0v) is 15.8. The molecule has 2 unspecified atom stereocenters. The fourth-order valence-corrected chi connectivity index (χ4v) is 4.75. The predicted molar refractivity (Wildman–Crippen MR) is 95.2 cm³/mol. The molecule has 1 aliphatic rings. The van der Waals surface area contributed by atoms with Crippen molar-refractivity contribution in [3.8, 4) is 0 Å². The van der Waals surface area contributed by atoms with Crippen molar-refractivity contribution in [3.05, 3.63) is 29.3 Å². The molecule has 24 heavy (non-hydrogen) atoms. The highest BCUT2D eigenvalue weighted by Gasteiger charge is 2.25. The Morgan fingerprint density at radius 2 is 1.83 bits per heavy atom. The van der Waals surface area contributed by atoms with Gasteiger partial charge in [0.1, 0.15) is 0 Å². The smallest absolute Gasteiger partial charge is 0.240 e. The van der Waals surface area contributed by atoms with Crippen LogP contribution in [0, 0.1) is 25.7 Å². The number of nitrogens with one attached hydrogen (secondary N) is 1. The summed E-state index contributed by atoms with van der Waals surface area (Å²) in [5, 5.41) is 0. The number of benzene rings is 1. The summed E-state index contributed by atoms with van der Waals surface area (Å²) in [6.07, 6.45) is 1.34. The second kappa shape index (κ2) is 7.66. The molecule has 0 aliphatic carbocycles. The lowest BCUT2D eigenvalue weighted by Gasteiger charge is -2.35. The number of carbonyl (C=O) groups is 1. The van der Waals surface area contributed by atoms with Crippen LogP contribution in [0.3, 0.4) is 0 Å². The van der Waals surface area contributed by atoms with Crippen LogP contribution in [-0.4, -0.2) is 38.9 Å². The van der Waals surface area contributed by atoms with Crippen LogP contribution < -0.4 is 4.72 Å². The van der Waals surface area contributed by atoms with Crippen molar-refractivity contribution in [2.45, 2.75) is 45.4 Å². The molecule has 134 valence electrons. The summed E-state index contributed by atoms with van der Waals surface area (Å²) in [5.41, 5.74) is 1.60. The Morgan fingerprint density at radius 3 is 2.46 bits per heavy atom. The number of piperidine rings is 1. The van der Waals surface area contributed by atoms with E-state index in [1.165, 1.54) is 0 Å². The normalized spacial score (nSPS) is 21.8. The average Bonchev–Trinajstić information content (AvgIpc) is 2.48. The summed E-state index contributed by atoms with van der Waals surface area (Å²) < 4.78 is 27.4. The highest BCUT2D eigenvalue weighted by Crippen LogP contribution is 2.21. The van der Waals surface area contributed by atoms with E-state index in [-0.39, 0.29) is 23.8 Å². The third kappa shape index (κ3) is 4.80. The Bertz CT molecular complexity index is 690. The third-order valence-electron chi connectivity index (χ3n) is 4.49. The molecular formula is C18H28N2O3S. The van der Waals surface area contributed by atoms with Gasteiger partial charge in [-0.2, -0.15) is 0 Å². The van der Waals surface area contributed by atoms with Gasteiger partial charge in [-0.1, -0.05) is 26.0 Å². The van der Waals surface area contributed by atoms with E-state index in [1.807, 2.05) is 17.9 Å². The molecule has 1 heterocycles. The summed E-state index contributed by atoms with van der Waals surface area (Å²) in [5.74, 6) is 1.03. The van der Waals surface area contributed by atoms with Crippen LogP contribution in [0.2, 0.25) is 0 Å². The monoisotopic (exact) mass is 352 g/mol. The minimum Gasteiger partial charge on any atom is -0.342 e. The molecule has 2 atom stereocenters. The minimum atomic E-state index is -3.58. The molecule has 2 rings (SSSR count). The van der Waals surface area contributed by atoms with Crippen molar-refractivity contribution in [2.75, 3.05) is 19.6 Å². The molecule has 0 bridgehead atoms. The largest absolute Gasteiger partial charge is 0.342 e. The molecule has 5 nitrogen and oxygen atoms in total. The van der Waals surface area contributed by atoms with Gasteiger partial charge in [-0.3, -0.25) is 4.79 Å². The molecule has 1 saturated heterocycles. The molecule has 1 N–H and O–H groups in total. The molecule has 1 aromatic carbocycles. The Balaban J connectivity index is 1.93. The number of likely N-dealkylation sites (tertiary alicyclic amines) is 1. The maximum Gasteiger partial charge on any atom is 0.240 e. The van der Waals surface area contributed by atoms with Crippen LogP contribution in [0.4, 0.5) is 0 Å². The summed E-state index contributed by atoms with van der Waals surface area (Å²) in [6, 6.07) is 5.34. The molecule has 1 amide bonds. The zero-order chi connectivity index (χ0) is 17.9. The standard InChI is InChI=1S/C18H28N2O3S/c1-13-5-6-16(4)17(10-13)24(22,23)19-8-7-18(21)20-11-14(2)9-15(3)12-20/h5-6,10,14-15,19H,7-9,11-12H2,1-4H3. The second-order valence-corrected chi connectivity index (χ2v) is 8.90. The maximum absolute atomic E-state index is 12.4. The van der Waals surface area contributed by atoms with Gasteiger partial charge in [-0.05, 0) is 49.3 Å². The highest BCUT2D eigenvalue weighted by molar-refractivity contribution is 7.89. The number of carbonyl (C=O) groups excluding carboxylic acids is 1. The number of hydrogen-bond donors (Lipinski definition) is 1. The summed E-state index contributed by atoms with van der Waals surface area (Å²) in [4.78, 5) is 14.5. The number of rotatable bonds is 5. The number of nitrogens with zero attached hydrogens (tertiary/aromatic N) is 1. The van der Waals surface area contributed by atoms with Gasteiger partial charge in [0.25, 0.3) is 0 Å². The lowest BCUT2D eigenvalue weighted by atomic mass is 9.92. The van der Waals surface area contributed by atoms with E-state index in [0.29, 0.717) is 17.4 Å². The fourth-order valence-electron chi connectivity index (χ4n) is 3.39. The predicted octanol–water partition coefficient (Wildman–Crippen LogP) is 2.48. The summed E-state index contributed by atoms with van der Waals surface area (Å²) in [6.45, 7) is 9.61. The lowest BCUT2D eigenvalue weighted by Crippen LogP contribution is -2.43. The number of sulfonamides is 1. The molecule has 6 heteroatoms. The quantitative estimate of drug-likeness (QED) is 0.885. The Morgan fingerprint density at radius 1 is 1.21 bits per heavy atom. The van der Waals surface area contributed by atoms with Crippen LogP contribution in [0.15, 0.2) is 23.1 Å². The van der Waals surface area contributed by atoms with Crippen LogP contribution in [0.5, 0.6) is 0 Å². The van der Waals surface area contributed by atoms with Crippen molar-refractivity contribution in [1.82, 2.24) is 9.62 Å². The van der Waals surface area contributed by atoms with Gasteiger partial charge in [0.05, 0.1) is 4.90 Å². The van der Waals surface area contributed by atoms with Crippen LogP contribution in [-0.2, 0) is 14.8 Å². The molecule has 0 saturated carbocycles. The van der Waals surface area contributed by atoms with Gasteiger partial charge in [-0.15, -0.1) is 0 Å². The van der Waals surface area contributed by atoms with Crippen LogP contribution in [0.25, 0.3) is 0 Å². The summed E-state index contributed by atoms with van der Waals surface area (Å²) in [7, 11) is -3.58. The first-order valence-corrected chi connectivity index (χ1v) is 10.0. The minimum absolute atomic E-state index is 0.0251. The van der Waals surface area contributed by atoms with Gasteiger partial charge < -0.3 is 4.90 Å². The van der Waals surface area contributed by atoms with E-state index in [1.54, 1.807) is 19.1 Å². The van der Waals surface area contributed by atoms with E-state index < -0.39 is 10.0 Å². The van der Waals surface area contributed by atoms with Gasteiger partial charge in [-0.25, -0.2) is 13.1 Å². The first-order chi connectivity index (χ1) is 11.2. The molecule has 0 radical (unpaired) electrons. The Kier molecular flexibility index (Phi) is 6.04. The molecule has 1 fully saturated rings. The number of aryl methyl sites for hydroxylation is 2. The van der Waals surface area contributed by atoms with E-state index in [4.69, 9.17) is 0 Å². The van der Waals surface area contributed by atoms with E-state index in [0.717, 1.165) is 25.1 Å². The first kappa shape index (κ1) is 18.9. The van der Waals surface area contributed by atoms with Gasteiger partial charge in [0, 0.05) is 26.1 Å². The van der Waals surface area contributed by atoms with Crippen molar-refractivity contribution in [2.24, 2.45) is 11.8 Å². The first-order valence-electron chi connectivity index (χ1n) is 8.53. The van der Waals surface area contributed by atoms with Crippen molar-refractivity contribution in [3.63, 3.8) is 0 Å². The molecule has 1 aliphatic heterocycles. The highest BCUT2D eigenvalue weighted by atomic mass is 32.2. The van der Waals surface area contributed by atoms with Gasteiger partial charge in [0.2, 0.25) is 15.9 Å². The summed E-state index contributed by atoms with van der Waals surface area (Å²) >= 11 is 0. The topological polar surface area (TPSA) is 66.5 Å². The lowest BCUT2D eigenvalue weighted by molar-refractivity contribution is -0.133. The Labute approximate surface area is 145 Å². The van der Waals surface area contributed by atoms with E-state index >= 15 is 0 Å². The molecular weight excluding hydrogens is 324 g/mol. The van der Waals surface area contributed by atoms with Gasteiger partial charge in [0.15, 0.2) is 0 Å². The number of amides is 1. The molecule has 0 aromatic heterocycles. The van der Waals surface area contributed by atoms with Crippen molar-refractivity contribution < 1.29 is 13.2 Å². The molecule has 0 spiro atoms. The number of hydrogen-bond acceptors (Lipinski definition) is 3.